The SMILES string of the molecule is Nc1nc(C(CC=NO)C(=O)O)cs1. The quantitative estimate of drug-likeness (QED) is 0.390. The van der Waals surface area contributed by atoms with E-state index in [2.05, 4.69) is 10.1 Å². The van der Waals surface area contributed by atoms with Gasteiger partial charge in [0.2, 0.25) is 0 Å². The molecule has 0 aliphatic heterocycles. The zero-order valence-electron chi connectivity index (χ0n) is 7.12. The van der Waals surface area contributed by atoms with Crippen molar-refractivity contribution in [1.29, 1.82) is 0 Å². The van der Waals surface area contributed by atoms with E-state index in [4.69, 9.17) is 16.0 Å². The van der Waals surface area contributed by atoms with Gasteiger partial charge in [-0.1, -0.05) is 0 Å². The Balaban J connectivity index is 2.82. The summed E-state index contributed by atoms with van der Waals surface area (Å²) >= 11 is 1.18. The molecule has 1 aromatic heterocycles. The fourth-order valence-corrected chi connectivity index (χ4v) is 1.58. The molecule has 6 nitrogen and oxygen atoms in total. The maximum absolute atomic E-state index is 10.8. The first-order valence-electron chi connectivity index (χ1n) is 3.74. The van der Waals surface area contributed by atoms with Gasteiger partial charge in [-0.05, 0) is 0 Å². The van der Waals surface area contributed by atoms with Crippen molar-refractivity contribution >= 4 is 28.7 Å². The van der Waals surface area contributed by atoms with E-state index in [9.17, 15) is 4.79 Å². The second-order valence-electron chi connectivity index (χ2n) is 2.54. The lowest BCUT2D eigenvalue weighted by molar-refractivity contribution is -0.138. The smallest absolute Gasteiger partial charge is 0.313 e. The predicted octanol–water partition coefficient (Wildman–Crippen LogP) is 0.744. The van der Waals surface area contributed by atoms with E-state index in [1.165, 1.54) is 11.3 Å². The van der Waals surface area contributed by atoms with Crippen LogP contribution < -0.4 is 5.73 Å². The maximum Gasteiger partial charge on any atom is 0.313 e. The monoisotopic (exact) mass is 215 g/mol. The lowest BCUT2D eigenvalue weighted by atomic mass is 10.0. The second-order valence-corrected chi connectivity index (χ2v) is 3.42. The topological polar surface area (TPSA) is 109 Å². The van der Waals surface area contributed by atoms with Crippen LogP contribution in [0, 0.1) is 0 Å². The second kappa shape index (κ2) is 4.56. The van der Waals surface area contributed by atoms with Crippen LogP contribution in [-0.2, 0) is 4.79 Å². The number of nitrogens with zero attached hydrogens (tertiary/aromatic N) is 2. The fourth-order valence-electron chi connectivity index (χ4n) is 0.961. The van der Waals surface area contributed by atoms with E-state index in [1.807, 2.05) is 0 Å². The lowest BCUT2D eigenvalue weighted by Gasteiger charge is -2.04. The van der Waals surface area contributed by atoms with Gasteiger partial charge in [-0.15, -0.1) is 16.5 Å². The van der Waals surface area contributed by atoms with Crippen LogP contribution in [-0.4, -0.2) is 27.5 Å². The summed E-state index contributed by atoms with van der Waals surface area (Å²) in [6, 6.07) is 0. The summed E-state index contributed by atoms with van der Waals surface area (Å²) in [4.78, 5) is 14.7. The zero-order valence-corrected chi connectivity index (χ0v) is 7.94. The molecule has 1 rings (SSSR count). The predicted molar refractivity (Wildman–Crippen MR) is 51.8 cm³/mol. The van der Waals surface area contributed by atoms with Gasteiger partial charge in [-0.2, -0.15) is 0 Å². The van der Waals surface area contributed by atoms with E-state index >= 15 is 0 Å². The molecule has 1 aromatic rings. The van der Waals surface area contributed by atoms with Gasteiger partial charge < -0.3 is 16.0 Å². The number of nitrogens with two attached hydrogens (primary N) is 1. The van der Waals surface area contributed by atoms with Crippen LogP contribution in [0.1, 0.15) is 18.0 Å². The van der Waals surface area contributed by atoms with Crippen LogP contribution >= 0.6 is 11.3 Å². The highest BCUT2D eigenvalue weighted by molar-refractivity contribution is 7.13. The van der Waals surface area contributed by atoms with E-state index in [0.717, 1.165) is 6.21 Å². The molecule has 0 fully saturated rings. The molecule has 0 spiro atoms. The average molecular weight is 215 g/mol. The molecule has 0 saturated heterocycles. The number of hydrogen-bond donors (Lipinski definition) is 3. The number of thiazole rings is 1. The standard InChI is InChI=1S/C7H9N3O3S/c8-7-10-5(3-14-7)4(6(11)12)1-2-9-13/h2-4,13H,1H2,(H2,8,10)(H,11,12). The molecule has 0 radical (unpaired) electrons. The van der Waals surface area contributed by atoms with E-state index in [-0.39, 0.29) is 6.42 Å². The van der Waals surface area contributed by atoms with Crippen molar-refractivity contribution in [1.82, 2.24) is 4.98 Å². The Morgan fingerprint density at radius 3 is 3.00 bits per heavy atom. The van der Waals surface area contributed by atoms with E-state index in [0.29, 0.717) is 10.8 Å². The summed E-state index contributed by atoms with van der Waals surface area (Å²) in [5.74, 6) is -1.82. The normalized spacial score (nSPS) is 13.1. The molecule has 0 amide bonds. The Labute approximate surface area is 83.7 Å². The number of carbonyl (C=O) groups is 1. The van der Waals surface area contributed by atoms with Crippen molar-refractivity contribution in [2.24, 2.45) is 5.16 Å². The van der Waals surface area contributed by atoms with Crippen LogP contribution in [0.25, 0.3) is 0 Å². The average Bonchev–Trinajstić information content (AvgIpc) is 2.52. The number of carboxylic acid groups (broad SMARTS) is 1. The van der Waals surface area contributed by atoms with Gasteiger partial charge in [0.1, 0.15) is 5.92 Å². The summed E-state index contributed by atoms with van der Waals surface area (Å²) in [6.07, 6.45) is 1.21. The summed E-state index contributed by atoms with van der Waals surface area (Å²) in [5.41, 5.74) is 5.77. The van der Waals surface area contributed by atoms with Crippen molar-refractivity contribution in [3.05, 3.63) is 11.1 Å². The highest BCUT2D eigenvalue weighted by Gasteiger charge is 2.21. The van der Waals surface area contributed by atoms with Crippen LogP contribution in [0.15, 0.2) is 10.5 Å². The zero-order chi connectivity index (χ0) is 10.6. The maximum atomic E-state index is 10.8. The van der Waals surface area contributed by atoms with Crippen molar-refractivity contribution in [3.8, 4) is 0 Å². The molecule has 0 aliphatic rings. The first kappa shape index (κ1) is 10.5. The molecule has 1 atom stereocenters. The van der Waals surface area contributed by atoms with Gasteiger partial charge in [0.25, 0.3) is 0 Å². The lowest BCUT2D eigenvalue weighted by Crippen LogP contribution is -2.12. The van der Waals surface area contributed by atoms with Crippen molar-refractivity contribution < 1.29 is 15.1 Å². The number of oxime groups is 1. The largest absolute Gasteiger partial charge is 0.481 e. The molecule has 14 heavy (non-hydrogen) atoms. The van der Waals surface area contributed by atoms with Crippen LogP contribution in [0.5, 0.6) is 0 Å². The van der Waals surface area contributed by atoms with Crippen molar-refractivity contribution in [2.75, 3.05) is 5.73 Å². The van der Waals surface area contributed by atoms with Crippen LogP contribution in [0.3, 0.4) is 0 Å². The molecule has 4 N–H and O–H groups in total. The van der Waals surface area contributed by atoms with Crippen molar-refractivity contribution in [3.63, 3.8) is 0 Å². The van der Waals surface area contributed by atoms with Gasteiger partial charge in [0, 0.05) is 18.0 Å². The minimum Gasteiger partial charge on any atom is -0.481 e. The molecule has 76 valence electrons. The minimum absolute atomic E-state index is 0.0923. The summed E-state index contributed by atoms with van der Waals surface area (Å²) in [6.45, 7) is 0. The van der Waals surface area contributed by atoms with Crippen LogP contribution in [0.2, 0.25) is 0 Å². The Bertz CT molecular complexity index is 350. The number of hydrogen-bond acceptors (Lipinski definition) is 6. The molecule has 1 unspecified atom stereocenters. The Morgan fingerprint density at radius 2 is 2.57 bits per heavy atom. The first-order valence-corrected chi connectivity index (χ1v) is 4.62. The van der Waals surface area contributed by atoms with E-state index < -0.39 is 11.9 Å². The number of aromatic nitrogens is 1. The number of rotatable bonds is 4. The molecule has 0 aliphatic carbocycles. The number of anilines is 1. The van der Waals surface area contributed by atoms with Crippen LogP contribution in [0.4, 0.5) is 5.13 Å². The van der Waals surface area contributed by atoms with Gasteiger partial charge in [-0.3, -0.25) is 4.79 Å². The third-order valence-electron chi connectivity index (χ3n) is 1.62. The van der Waals surface area contributed by atoms with Gasteiger partial charge >= 0.3 is 5.97 Å². The van der Waals surface area contributed by atoms with Gasteiger partial charge in [-0.25, -0.2) is 4.98 Å². The van der Waals surface area contributed by atoms with E-state index in [1.54, 1.807) is 5.38 Å². The third-order valence-corrected chi connectivity index (χ3v) is 2.31. The number of nitrogen functional groups attached to an aromatic ring is 1. The summed E-state index contributed by atoms with van der Waals surface area (Å²) < 4.78 is 0. The molecule has 0 aromatic carbocycles. The summed E-state index contributed by atoms with van der Waals surface area (Å²) in [5, 5.41) is 21.7. The minimum atomic E-state index is -1.02. The Morgan fingerprint density at radius 1 is 1.86 bits per heavy atom. The molecular weight excluding hydrogens is 206 g/mol. The van der Waals surface area contributed by atoms with Crippen molar-refractivity contribution in [2.45, 2.75) is 12.3 Å². The molecular formula is C7H9N3O3S. The Kier molecular flexibility index (Phi) is 3.41. The first-order chi connectivity index (χ1) is 6.65. The molecule has 0 bridgehead atoms. The van der Waals surface area contributed by atoms with Gasteiger partial charge in [0.05, 0.1) is 5.69 Å². The molecule has 1 heterocycles. The number of carboxylic acids is 1. The third kappa shape index (κ3) is 2.43. The number of aliphatic carboxylic acids is 1. The summed E-state index contributed by atoms with van der Waals surface area (Å²) in [7, 11) is 0. The van der Waals surface area contributed by atoms with Gasteiger partial charge in [0.15, 0.2) is 5.13 Å². The fraction of sp³-hybridized carbons (Fsp3) is 0.286. The molecule has 7 heteroatoms. The highest BCUT2D eigenvalue weighted by Crippen LogP contribution is 2.22. The Hall–Kier alpha value is -1.63. The molecule has 0 saturated carbocycles. The highest BCUT2D eigenvalue weighted by atomic mass is 32.1.